The van der Waals surface area contributed by atoms with Crippen LogP contribution in [0.25, 0.3) is 0 Å². The van der Waals surface area contributed by atoms with Crippen LogP contribution in [0.5, 0.6) is 0 Å². The number of halogens is 1. The first kappa shape index (κ1) is 17.0. The van der Waals surface area contributed by atoms with Crippen LogP contribution in [0.4, 0.5) is 10.5 Å². The number of aliphatic hydroxyl groups is 1. The van der Waals surface area contributed by atoms with Crippen LogP contribution in [0.15, 0.2) is 18.2 Å². The van der Waals surface area contributed by atoms with Crippen molar-refractivity contribution in [1.82, 2.24) is 9.80 Å². The van der Waals surface area contributed by atoms with Crippen LogP contribution in [0.3, 0.4) is 0 Å². The van der Waals surface area contributed by atoms with Crippen LogP contribution in [-0.4, -0.2) is 59.3 Å². The van der Waals surface area contributed by atoms with Gasteiger partial charge in [0.1, 0.15) is 6.07 Å². The SMILES string of the molecule is N#Cc1ccc(NC(=O)N2CCN([C@H]3CCC[C@@H]3O)CC2)cc1Cl. The number of rotatable bonds is 2. The van der Waals surface area contributed by atoms with Crippen molar-refractivity contribution in [3.63, 3.8) is 0 Å². The maximum absolute atomic E-state index is 12.4. The molecule has 2 atom stereocenters. The van der Waals surface area contributed by atoms with E-state index >= 15 is 0 Å². The lowest BCUT2D eigenvalue weighted by Crippen LogP contribution is -2.54. The number of carbonyl (C=O) groups excluding carboxylic acids is 1. The molecule has 1 aromatic rings. The van der Waals surface area contributed by atoms with Crippen LogP contribution in [0, 0.1) is 11.3 Å². The molecule has 0 aromatic heterocycles. The van der Waals surface area contributed by atoms with Gasteiger partial charge in [0.15, 0.2) is 0 Å². The molecule has 2 fully saturated rings. The molecular weight excluding hydrogens is 328 g/mol. The summed E-state index contributed by atoms with van der Waals surface area (Å²) in [5, 5.41) is 22.0. The van der Waals surface area contributed by atoms with E-state index in [9.17, 15) is 9.90 Å². The molecule has 1 saturated carbocycles. The molecule has 1 saturated heterocycles. The van der Waals surface area contributed by atoms with E-state index in [1.54, 1.807) is 23.1 Å². The van der Waals surface area contributed by atoms with Crippen molar-refractivity contribution in [1.29, 1.82) is 5.26 Å². The highest BCUT2D eigenvalue weighted by atomic mass is 35.5. The molecule has 0 bridgehead atoms. The van der Waals surface area contributed by atoms with E-state index in [2.05, 4.69) is 10.2 Å². The van der Waals surface area contributed by atoms with Crippen LogP contribution in [0.1, 0.15) is 24.8 Å². The van der Waals surface area contributed by atoms with Gasteiger partial charge in [-0.1, -0.05) is 11.6 Å². The molecule has 128 valence electrons. The Hall–Kier alpha value is -1.81. The molecule has 24 heavy (non-hydrogen) atoms. The fraction of sp³-hybridized carbons (Fsp3) is 0.529. The molecule has 0 radical (unpaired) electrons. The Morgan fingerprint density at radius 2 is 2.04 bits per heavy atom. The number of carbonyl (C=O) groups is 1. The van der Waals surface area contributed by atoms with Crippen molar-refractivity contribution in [3.05, 3.63) is 28.8 Å². The minimum atomic E-state index is -0.230. The van der Waals surface area contributed by atoms with Gasteiger partial charge in [0.2, 0.25) is 0 Å². The fourth-order valence-corrected chi connectivity index (χ4v) is 3.71. The van der Waals surface area contributed by atoms with Crippen LogP contribution < -0.4 is 5.32 Å². The number of benzene rings is 1. The second-order valence-electron chi connectivity index (χ2n) is 6.33. The second-order valence-corrected chi connectivity index (χ2v) is 6.73. The maximum Gasteiger partial charge on any atom is 0.321 e. The van der Waals surface area contributed by atoms with Gasteiger partial charge in [-0.25, -0.2) is 4.79 Å². The Balaban J connectivity index is 1.54. The summed E-state index contributed by atoms with van der Waals surface area (Å²) in [6.07, 6.45) is 2.76. The summed E-state index contributed by atoms with van der Waals surface area (Å²) in [5.74, 6) is 0. The van der Waals surface area contributed by atoms with Gasteiger partial charge >= 0.3 is 6.03 Å². The summed E-state index contributed by atoms with van der Waals surface area (Å²) in [4.78, 5) is 16.4. The number of aliphatic hydroxyl groups excluding tert-OH is 1. The zero-order valence-electron chi connectivity index (χ0n) is 13.4. The summed E-state index contributed by atoms with van der Waals surface area (Å²) in [7, 11) is 0. The first-order chi connectivity index (χ1) is 11.6. The first-order valence-corrected chi connectivity index (χ1v) is 8.64. The van der Waals surface area contributed by atoms with Crippen LogP contribution >= 0.6 is 11.6 Å². The summed E-state index contributed by atoms with van der Waals surface area (Å²) in [5.41, 5.74) is 0.969. The predicted molar refractivity (Wildman–Crippen MR) is 92.0 cm³/mol. The number of urea groups is 1. The van der Waals surface area contributed by atoms with Crippen molar-refractivity contribution < 1.29 is 9.90 Å². The lowest BCUT2D eigenvalue weighted by Gasteiger charge is -2.39. The second kappa shape index (κ2) is 7.39. The Morgan fingerprint density at radius 1 is 1.29 bits per heavy atom. The zero-order chi connectivity index (χ0) is 17.1. The third kappa shape index (κ3) is 3.64. The number of anilines is 1. The average molecular weight is 349 g/mol. The first-order valence-electron chi connectivity index (χ1n) is 8.26. The van der Waals surface area contributed by atoms with Gasteiger partial charge in [0.05, 0.1) is 16.7 Å². The van der Waals surface area contributed by atoms with E-state index in [0.29, 0.717) is 29.4 Å². The molecule has 0 unspecified atom stereocenters. The highest BCUT2D eigenvalue weighted by molar-refractivity contribution is 6.32. The van der Waals surface area contributed by atoms with E-state index < -0.39 is 0 Å². The number of nitriles is 1. The van der Waals surface area contributed by atoms with E-state index in [1.165, 1.54) is 0 Å². The molecule has 1 aliphatic carbocycles. The number of amides is 2. The van der Waals surface area contributed by atoms with Gasteiger partial charge in [-0.3, -0.25) is 4.90 Å². The average Bonchev–Trinajstić information content (AvgIpc) is 3.01. The maximum atomic E-state index is 12.4. The van der Waals surface area contributed by atoms with Gasteiger partial charge < -0.3 is 15.3 Å². The Kier molecular flexibility index (Phi) is 5.24. The molecule has 2 N–H and O–H groups in total. The molecule has 7 heteroatoms. The van der Waals surface area contributed by atoms with E-state index in [4.69, 9.17) is 16.9 Å². The van der Waals surface area contributed by atoms with Crippen molar-refractivity contribution in [3.8, 4) is 6.07 Å². The Labute approximate surface area is 146 Å². The number of piperazine rings is 1. The van der Waals surface area contributed by atoms with Crippen molar-refractivity contribution in [2.75, 3.05) is 31.5 Å². The minimum absolute atomic E-state index is 0.164. The summed E-state index contributed by atoms with van der Waals surface area (Å²) in [6.45, 7) is 2.84. The van der Waals surface area contributed by atoms with Crippen molar-refractivity contribution in [2.45, 2.75) is 31.4 Å². The number of nitrogens with one attached hydrogen (secondary N) is 1. The van der Waals surface area contributed by atoms with Gasteiger partial charge in [-0.2, -0.15) is 5.26 Å². The number of hydrogen-bond donors (Lipinski definition) is 2. The molecule has 1 aliphatic heterocycles. The third-order valence-corrected chi connectivity index (χ3v) is 5.17. The highest BCUT2D eigenvalue weighted by Gasteiger charge is 2.33. The van der Waals surface area contributed by atoms with Crippen molar-refractivity contribution >= 4 is 23.3 Å². The van der Waals surface area contributed by atoms with E-state index in [-0.39, 0.29) is 18.2 Å². The highest BCUT2D eigenvalue weighted by Crippen LogP contribution is 2.25. The molecule has 1 heterocycles. The van der Waals surface area contributed by atoms with Gasteiger partial charge in [0, 0.05) is 37.9 Å². The molecule has 6 nitrogen and oxygen atoms in total. The molecule has 1 aromatic carbocycles. The van der Waals surface area contributed by atoms with E-state index in [1.807, 2.05) is 6.07 Å². The normalized spacial score (nSPS) is 24.6. The standard InChI is InChI=1S/C17H21ClN4O2/c18-14-10-13(5-4-12(14)11-19)20-17(24)22-8-6-21(7-9-22)15-2-1-3-16(15)23/h4-5,10,15-16,23H,1-3,6-9H2,(H,20,24)/t15-,16-/m0/s1. The quantitative estimate of drug-likeness (QED) is 0.859. The predicted octanol–water partition coefficient (Wildman–Crippen LogP) is 2.27. The monoisotopic (exact) mass is 348 g/mol. The summed E-state index contributed by atoms with van der Waals surface area (Å²) < 4.78 is 0. The molecule has 3 rings (SSSR count). The summed E-state index contributed by atoms with van der Waals surface area (Å²) in [6, 6.07) is 6.93. The lowest BCUT2D eigenvalue weighted by molar-refractivity contribution is 0.0447. The lowest BCUT2D eigenvalue weighted by atomic mass is 10.1. The molecule has 0 spiro atoms. The van der Waals surface area contributed by atoms with Gasteiger partial charge in [-0.05, 0) is 37.5 Å². The minimum Gasteiger partial charge on any atom is -0.391 e. The molecular formula is C17H21ClN4O2. The largest absolute Gasteiger partial charge is 0.391 e. The van der Waals surface area contributed by atoms with E-state index in [0.717, 1.165) is 32.4 Å². The third-order valence-electron chi connectivity index (χ3n) is 4.86. The molecule has 2 aliphatic rings. The molecule has 2 amide bonds. The van der Waals surface area contributed by atoms with Gasteiger partial charge in [-0.15, -0.1) is 0 Å². The Morgan fingerprint density at radius 3 is 2.62 bits per heavy atom. The fourth-order valence-electron chi connectivity index (χ4n) is 3.49. The number of hydrogen-bond acceptors (Lipinski definition) is 4. The summed E-state index contributed by atoms with van der Waals surface area (Å²) >= 11 is 5.99. The van der Waals surface area contributed by atoms with Gasteiger partial charge in [0.25, 0.3) is 0 Å². The van der Waals surface area contributed by atoms with Crippen LogP contribution in [-0.2, 0) is 0 Å². The Bertz CT molecular complexity index is 652. The van der Waals surface area contributed by atoms with Crippen LogP contribution in [0.2, 0.25) is 5.02 Å². The number of nitrogens with zero attached hydrogens (tertiary/aromatic N) is 3. The topological polar surface area (TPSA) is 79.6 Å². The zero-order valence-corrected chi connectivity index (χ0v) is 14.2. The van der Waals surface area contributed by atoms with Crippen molar-refractivity contribution in [2.24, 2.45) is 0 Å². The smallest absolute Gasteiger partial charge is 0.321 e.